The molecule has 0 bridgehead atoms. The quantitative estimate of drug-likeness (QED) is 0.230. The molecule has 0 atom stereocenters. The number of rotatable bonds is 17. The maximum absolute atomic E-state index is 13.3. The normalized spacial score (nSPS) is 11.2. The monoisotopic (exact) mass is 575 g/mol. The number of imidazole rings is 1. The van der Waals surface area contributed by atoms with E-state index in [0.29, 0.717) is 53.8 Å². The zero-order valence-electron chi connectivity index (χ0n) is 23.9. The molecule has 1 amide bonds. The average Bonchev–Trinajstić information content (AvgIpc) is 3.14. The molecule has 0 radical (unpaired) electrons. The van der Waals surface area contributed by atoms with Crippen LogP contribution in [0.15, 0.2) is 35.1 Å². The van der Waals surface area contributed by atoms with Gasteiger partial charge in [0.1, 0.15) is 30.5 Å². The first-order valence-corrected chi connectivity index (χ1v) is 13.1. The smallest absolute Gasteiger partial charge is 0.329 e. The Morgan fingerprint density at radius 2 is 1.49 bits per heavy atom. The van der Waals surface area contributed by atoms with Crippen molar-refractivity contribution < 1.29 is 43.1 Å². The number of anilines is 1. The number of nitrogens with zero attached hydrogens (tertiary/aromatic N) is 2. The van der Waals surface area contributed by atoms with E-state index in [9.17, 15) is 14.4 Å². The third-order valence-corrected chi connectivity index (χ3v) is 5.87. The summed E-state index contributed by atoms with van der Waals surface area (Å²) in [6.45, 7) is 5.14. The highest BCUT2D eigenvalue weighted by molar-refractivity contribution is 6.08. The van der Waals surface area contributed by atoms with Crippen LogP contribution in [0.1, 0.15) is 24.2 Å². The molecule has 13 heteroatoms. The van der Waals surface area contributed by atoms with Crippen LogP contribution in [-0.2, 0) is 33.1 Å². The summed E-state index contributed by atoms with van der Waals surface area (Å²) in [5.74, 6) is -0.181. The second-order valence-corrected chi connectivity index (χ2v) is 9.24. The van der Waals surface area contributed by atoms with Gasteiger partial charge in [0.2, 0.25) is 0 Å². The topological polar surface area (TPSA) is 149 Å². The lowest BCUT2D eigenvalue weighted by molar-refractivity contribution is -0.142. The van der Waals surface area contributed by atoms with Crippen LogP contribution in [0, 0.1) is 0 Å². The zero-order valence-corrected chi connectivity index (χ0v) is 23.9. The molecule has 2 aromatic carbocycles. The van der Waals surface area contributed by atoms with E-state index in [1.165, 1.54) is 16.2 Å². The van der Waals surface area contributed by atoms with Gasteiger partial charge in [-0.3, -0.25) is 13.9 Å². The van der Waals surface area contributed by atoms with Gasteiger partial charge < -0.3 is 38.8 Å². The van der Waals surface area contributed by atoms with E-state index in [4.69, 9.17) is 33.5 Å². The van der Waals surface area contributed by atoms with E-state index >= 15 is 0 Å². The molecule has 3 aromatic rings. The Hall–Kier alpha value is -4.07. The number of carboxylic acids is 1. The van der Waals surface area contributed by atoms with Gasteiger partial charge in [-0.25, -0.2) is 9.59 Å². The van der Waals surface area contributed by atoms with E-state index < -0.39 is 11.9 Å². The van der Waals surface area contributed by atoms with Crippen molar-refractivity contribution in [3.05, 3.63) is 46.4 Å². The van der Waals surface area contributed by atoms with Crippen LogP contribution in [-0.4, -0.2) is 85.6 Å². The molecule has 0 saturated carbocycles. The lowest BCUT2D eigenvalue weighted by atomic mass is 10.1. The molecule has 0 aliphatic rings. The lowest BCUT2D eigenvalue weighted by Gasteiger charge is -2.17. The molecular formula is C28H37N3O10. The molecule has 2 N–H and O–H groups in total. The number of fused-ring (bicyclic) bond motifs is 1. The van der Waals surface area contributed by atoms with Gasteiger partial charge in [-0.15, -0.1) is 0 Å². The van der Waals surface area contributed by atoms with Gasteiger partial charge >= 0.3 is 11.7 Å². The van der Waals surface area contributed by atoms with Crippen molar-refractivity contribution in [2.75, 3.05) is 58.7 Å². The summed E-state index contributed by atoms with van der Waals surface area (Å²) < 4.78 is 35.7. The molecule has 1 heterocycles. The zero-order chi connectivity index (χ0) is 29.9. The Labute approximate surface area is 237 Å². The van der Waals surface area contributed by atoms with Crippen molar-refractivity contribution in [3.8, 4) is 17.2 Å². The summed E-state index contributed by atoms with van der Waals surface area (Å²) in [6.07, 6.45) is -0.156. The molecule has 0 saturated heterocycles. The number of methoxy groups -OCH3 is 1. The molecule has 41 heavy (non-hydrogen) atoms. The Bertz CT molecular complexity index is 1400. The van der Waals surface area contributed by atoms with Crippen LogP contribution in [0.25, 0.3) is 11.0 Å². The Kier molecular flexibility index (Phi) is 11.6. The minimum atomic E-state index is -1.02. The van der Waals surface area contributed by atoms with Gasteiger partial charge in [0.05, 0.1) is 68.5 Å². The minimum Gasteiger partial charge on any atom is -0.496 e. The molecule has 3 rings (SSSR count). The Balaban J connectivity index is 1.57. The van der Waals surface area contributed by atoms with E-state index in [1.54, 1.807) is 44.4 Å². The number of carbonyl (C=O) groups is 2. The average molecular weight is 576 g/mol. The van der Waals surface area contributed by atoms with Gasteiger partial charge in [-0.2, -0.15) is 0 Å². The van der Waals surface area contributed by atoms with E-state index in [0.717, 1.165) is 0 Å². The summed E-state index contributed by atoms with van der Waals surface area (Å²) in [4.78, 5) is 36.1. The number of aromatic nitrogens is 2. The molecule has 1 aromatic heterocycles. The Morgan fingerprint density at radius 3 is 2.10 bits per heavy atom. The SMILES string of the molecule is COc1cc(OCCOCCOCCOCC(=O)O)ccc1C(=O)Nc1cc2c(cc1OC(C)C)n(C)c(=O)n2C. The molecule has 0 fully saturated rings. The number of aryl methyl sites for hydroxylation is 2. The highest BCUT2D eigenvalue weighted by Gasteiger charge is 2.19. The minimum absolute atomic E-state index is 0.156. The first-order valence-electron chi connectivity index (χ1n) is 13.1. The summed E-state index contributed by atoms with van der Waals surface area (Å²) in [7, 11) is 4.82. The molecule has 13 nitrogen and oxygen atoms in total. The maximum atomic E-state index is 13.3. The highest BCUT2D eigenvalue weighted by atomic mass is 16.6. The predicted octanol–water partition coefficient (Wildman–Crippen LogP) is 2.44. The van der Waals surface area contributed by atoms with Gasteiger partial charge in [0.15, 0.2) is 0 Å². The summed E-state index contributed by atoms with van der Waals surface area (Å²) in [6, 6.07) is 8.34. The number of carboxylic acid groups (broad SMARTS) is 1. The van der Waals surface area contributed by atoms with Crippen molar-refractivity contribution in [3.63, 3.8) is 0 Å². The molecular weight excluding hydrogens is 538 g/mol. The number of nitrogens with one attached hydrogen (secondary N) is 1. The number of amides is 1. The molecule has 0 aliphatic carbocycles. The number of benzene rings is 2. The van der Waals surface area contributed by atoms with Crippen LogP contribution in [0.2, 0.25) is 0 Å². The lowest BCUT2D eigenvalue weighted by Crippen LogP contribution is -2.19. The predicted molar refractivity (Wildman–Crippen MR) is 150 cm³/mol. The fourth-order valence-electron chi connectivity index (χ4n) is 3.93. The molecule has 224 valence electrons. The molecule has 0 aliphatic heterocycles. The van der Waals surface area contributed by atoms with Crippen molar-refractivity contribution in [2.45, 2.75) is 20.0 Å². The van der Waals surface area contributed by atoms with E-state index in [2.05, 4.69) is 5.32 Å². The fourth-order valence-corrected chi connectivity index (χ4v) is 3.93. The number of hydrogen-bond acceptors (Lipinski definition) is 9. The second kappa shape index (κ2) is 15.1. The van der Waals surface area contributed by atoms with Gasteiger partial charge in [0.25, 0.3) is 5.91 Å². The highest BCUT2D eigenvalue weighted by Crippen LogP contribution is 2.32. The van der Waals surface area contributed by atoms with E-state index in [1.807, 2.05) is 13.8 Å². The summed E-state index contributed by atoms with van der Waals surface area (Å²) in [5.41, 5.74) is 1.87. The first kappa shape index (κ1) is 31.5. The fraction of sp³-hybridized carbons (Fsp3) is 0.464. The van der Waals surface area contributed by atoms with E-state index in [-0.39, 0.29) is 43.8 Å². The first-order chi connectivity index (χ1) is 19.6. The van der Waals surface area contributed by atoms with Crippen molar-refractivity contribution in [1.82, 2.24) is 9.13 Å². The molecule has 0 spiro atoms. The van der Waals surface area contributed by atoms with Crippen LogP contribution >= 0.6 is 0 Å². The van der Waals surface area contributed by atoms with Crippen LogP contribution in [0.4, 0.5) is 5.69 Å². The van der Waals surface area contributed by atoms with Crippen LogP contribution in [0.3, 0.4) is 0 Å². The number of carbonyl (C=O) groups excluding carboxylic acids is 1. The van der Waals surface area contributed by atoms with Crippen molar-refractivity contribution in [1.29, 1.82) is 0 Å². The van der Waals surface area contributed by atoms with Crippen molar-refractivity contribution in [2.24, 2.45) is 14.1 Å². The van der Waals surface area contributed by atoms with Crippen LogP contribution < -0.4 is 25.2 Å². The van der Waals surface area contributed by atoms with Crippen molar-refractivity contribution >= 4 is 28.6 Å². The molecule has 0 unspecified atom stereocenters. The van der Waals surface area contributed by atoms with Gasteiger partial charge in [-0.05, 0) is 32.0 Å². The largest absolute Gasteiger partial charge is 0.496 e. The standard InChI is InChI=1S/C28H37N3O10/c1-18(2)41-25-16-23-22(30(3)28(35)31(23)4)15-21(25)29-27(34)20-7-6-19(14-24(20)36-5)40-13-12-38-9-8-37-10-11-39-17-26(32)33/h6-7,14-16,18H,8-13,17H2,1-5H3,(H,29,34)(H,32,33). The van der Waals surface area contributed by atoms with Gasteiger partial charge in [-0.1, -0.05) is 0 Å². The summed E-state index contributed by atoms with van der Waals surface area (Å²) in [5, 5.41) is 11.4. The third-order valence-electron chi connectivity index (χ3n) is 5.87. The number of ether oxygens (including phenoxy) is 6. The summed E-state index contributed by atoms with van der Waals surface area (Å²) >= 11 is 0. The van der Waals surface area contributed by atoms with Gasteiger partial charge in [0, 0.05) is 26.2 Å². The van der Waals surface area contributed by atoms with Crippen LogP contribution in [0.5, 0.6) is 17.2 Å². The Morgan fingerprint density at radius 1 is 0.878 bits per heavy atom. The number of hydrogen-bond donors (Lipinski definition) is 2. The third kappa shape index (κ3) is 8.71. The maximum Gasteiger partial charge on any atom is 0.329 e. The second-order valence-electron chi connectivity index (χ2n) is 9.24. The number of aliphatic carboxylic acids is 1.